The maximum Gasteiger partial charge on any atom is 0.416 e. The van der Waals surface area contributed by atoms with E-state index >= 15 is 0 Å². The highest BCUT2D eigenvalue weighted by Gasteiger charge is 2.30. The Morgan fingerprint density at radius 1 is 0.772 bits per heavy atom. The molecular weight excluding hydrogens is 915 g/mol. The molecule has 20 heteroatoms. The lowest BCUT2D eigenvalue weighted by molar-refractivity contribution is -0.140. The zero-order valence-corrected chi connectivity index (χ0v) is 34.1. The van der Waals surface area contributed by atoms with E-state index in [2.05, 4.69) is 36.6 Å². The zero-order chi connectivity index (χ0) is 43.6. The van der Waals surface area contributed by atoms with Crippen molar-refractivity contribution < 1.29 is 77.4 Å². The van der Waals surface area contributed by atoms with Crippen LogP contribution in [0, 0.1) is 5.92 Å². The van der Waals surface area contributed by atoms with Crippen molar-refractivity contribution in [1.29, 1.82) is 0 Å². The lowest BCUT2D eigenvalue weighted by Crippen LogP contribution is -2.18. The third-order valence-electron chi connectivity index (χ3n) is 7.45. The summed E-state index contributed by atoms with van der Waals surface area (Å²) in [5.74, 6) is -6.08. The minimum Gasteiger partial charge on any atom is -0.481 e. The van der Waals surface area contributed by atoms with Crippen molar-refractivity contribution in [2.45, 2.75) is 61.8 Å². The van der Waals surface area contributed by atoms with Crippen LogP contribution in [0.5, 0.6) is 0 Å². The van der Waals surface area contributed by atoms with Crippen LogP contribution in [0.4, 0.5) is 13.2 Å². The summed E-state index contributed by atoms with van der Waals surface area (Å²) < 4.78 is 38.6. The first-order valence-electron chi connectivity index (χ1n) is 16.4. The van der Waals surface area contributed by atoms with E-state index < -0.39 is 63.1 Å². The van der Waals surface area contributed by atoms with E-state index in [-0.39, 0.29) is 36.3 Å². The van der Waals surface area contributed by atoms with E-state index in [1.54, 1.807) is 37.3 Å². The van der Waals surface area contributed by atoms with Crippen molar-refractivity contribution >= 4 is 102 Å². The Kier molecular flexibility index (Phi) is 21.1. The van der Waals surface area contributed by atoms with Gasteiger partial charge in [-0.3, -0.25) is 24.0 Å². The van der Waals surface area contributed by atoms with Crippen LogP contribution >= 0.6 is 43.8 Å². The standard InChI is InChI=1S/C16H12O4.C9H7F3O2.C6H8Br2O4.C6H11NO3S/c17-15(18)13-9-5-1-2-6-10(9)14(16(19)20)12-8-4-3-7-11(12)13;10-9(11,12)7-3-1-6(2-4-7)5-8(13)14;7-3(5(9)10)1-2-4(8)6(11)12;1-4(6(9)10)3-11-7-5(2)8/h1-3,5-7H,4,8H2,(H,17,18)(H,19,20);1-4H,5H2,(H,13,14);3-4H,1-2H2,(H,9,10)(H,11,12);4H,3H2,1-2H3,(H,7,8)(H,9,10)/t;;3-,4+;. The maximum absolute atomic E-state index is 12.1. The summed E-state index contributed by atoms with van der Waals surface area (Å²) in [6.07, 6.45) is 0.828. The molecule has 3 atom stereocenters. The third kappa shape index (κ3) is 17.4. The fourth-order valence-corrected chi connectivity index (χ4v) is 5.93. The summed E-state index contributed by atoms with van der Waals surface area (Å²) in [5, 5.41) is 53.6. The molecule has 0 bridgehead atoms. The fourth-order valence-electron chi connectivity index (χ4n) is 4.72. The van der Waals surface area contributed by atoms with Gasteiger partial charge in [0.15, 0.2) is 0 Å². The molecule has 57 heavy (non-hydrogen) atoms. The minimum absolute atomic E-state index is 0.160. The van der Waals surface area contributed by atoms with Gasteiger partial charge in [-0.25, -0.2) is 9.59 Å². The number of alkyl halides is 5. The molecule has 1 aliphatic carbocycles. The Labute approximate surface area is 344 Å². The number of aliphatic carboxylic acids is 4. The van der Waals surface area contributed by atoms with Crippen LogP contribution in [0.2, 0.25) is 0 Å². The van der Waals surface area contributed by atoms with E-state index in [0.717, 1.165) is 42.6 Å². The Morgan fingerprint density at radius 3 is 1.67 bits per heavy atom. The Balaban J connectivity index is 0.000000394. The van der Waals surface area contributed by atoms with Gasteiger partial charge in [0, 0.05) is 12.7 Å². The molecule has 3 aromatic carbocycles. The summed E-state index contributed by atoms with van der Waals surface area (Å²) in [6.45, 7) is 2.98. The number of hydrogen-bond donors (Lipinski definition) is 7. The molecule has 0 aromatic heterocycles. The molecule has 3 aromatic rings. The van der Waals surface area contributed by atoms with Crippen molar-refractivity contribution in [2.24, 2.45) is 5.92 Å². The SMILES string of the molecule is CC(=O)NSCC(C)C(=O)O.O=C(O)Cc1ccc(C(F)(F)F)cc1.O=C(O)[C@H](Br)CC[C@H](Br)C(=O)O.O=C(O)c1c2c(c(C(=O)O)c3ccccc13)CCC=C2. The van der Waals surface area contributed by atoms with Crippen LogP contribution in [0.1, 0.15) is 76.1 Å². The largest absolute Gasteiger partial charge is 0.481 e. The number of aromatic carboxylic acids is 2. The van der Waals surface area contributed by atoms with Gasteiger partial charge < -0.3 is 35.4 Å². The van der Waals surface area contributed by atoms with Crippen LogP contribution in [0.3, 0.4) is 0 Å². The molecule has 0 saturated heterocycles. The number of fused-ring (bicyclic) bond motifs is 2. The first-order valence-corrected chi connectivity index (χ1v) is 19.2. The number of allylic oxidation sites excluding steroid dienone is 1. The van der Waals surface area contributed by atoms with Crippen LogP contribution in [0.25, 0.3) is 16.8 Å². The first kappa shape index (κ1) is 50.1. The second kappa shape index (κ2) is 24.0. The van der Waals surface area contributed by atoms with Crippen molar-refractivity contribution in [3.8, 4) is 0 Å². The predicted molar refractivity (Wildman–Crippen MR) is 211 cm³/mol. The summed E-state index contributed by atoms with van der Waals surface area (Å²) >= 11 is 6.93. The summed E-state index contributed by atoms with van der Waals surface area (Å²) in [7, 11) is 0. The van der Waals surface area contributed by atoms with Crippen LogP contribution in [-0.2, 0) is 43.0 Å². The number of rotatable bonds is 13. The van der Waals surface area contributed by atoms with E-state index in [9.17, 15) is 56.9 Å². The quantitative estimate of drug-likeness (QED) is 0.0648. The Morgan fingerprint density at radius 2 is 1.26 bits per heavy atom. The molecule has 1 aliphatic rings. The molecule has 1 unspecified atom stereocenters. The molecule has 4 rings (SSSR count). The number of hydrogen-bond acceptors (Lipinski definition) is 8. The van der Waals surface area contributed by atoms with Crippen LogP contribution in [0.15, 0.2) is 54.6 Å². The smallest absolute Gasteiger partial charge is 0.416 e. The van der Waals surface area contributed by atoms with Crippen molar-refractivity contribution in [3.05, 3.63) is 88.0 Å². The number of carbonyl (C=O) groups is 7. The number of carboxylic acids is 6. The van der Waals surface area contributed by atoms with Gasteiger partial charge in [0.2, 0.25) is 5.91 Å². The maximum atomic E-state index is 12.1. The molecule has 14 nitrogen and oxygen atoms in total. The van der Waals surface area contributed by atoms with E-state index in [0.29, 0.717) is 39.6 Å². The third-order valence-corrected chi connectivity index (χ3v) is 10.2. The van der Waals surface area contributed by atoms with Gasteiger partial charge in [0.05, 0.1) is 29.0 Å². The van der Waals surface area contributed by atoms with Gasteiger partial charge in [0.25, 0.3) is 0 Å². The topological polar surface area (TPSA) is 253 Å². The van der Waals surface area contributed by atoms with Gasteiger partial charge in [0.1, 0.15) is 9.65 Å². The van der Waals surface area contributed by atoms with Crippen molar-refractivity contribution in [3.63, 3.8) is 0 Å². The summed E-state index contributed by atoms with van der Waals surface area (Å²) in [5.41, 5.74) is 1.15. The average molecular weight is 954 g/mol. The molecule has 0 fully saturated rings. The second-order valence-electron chi connectivity index (χ2n) is 11.9. The molecule has 0 spiro atoms. The Hall–Kier alpha value is -4.95. The van der Waals surface area contributed by atoms with Crippen LogP contribution < -0.4 is 4.72 Å². The van der Waals surface area contributed by atoms with E-state index in [4.69, 9.17) is 20.4 Å². The highest BCUT2D eigenvalue weighted by atomic mass is 79.9. The first-order chi connectivity index (χ1) is 26.5. The molecule has 0 saturated carbocycles. The number of carboxylic acid groups (broad SMARTS) is 6. The van der Waals surface area contributed by atoms with Crippen molar-refractivity contribution in [2.75, 3.05) is 5.75 Å². The number of halogens is 5. The Bertz CT molecular complexity index is 1940. The molecule has 0 aliphatic heterocycles. The number of nitrogens with one attached hydrogen (secondary N) is 1. The molecule has 0 heterocycles. The molecular formula is C37H38Br2F3NO13S. The highest BCUT2D eigenvalue weighted by Crippen LogP contribution is 2.35. The number of benzene rings is 3. The number of carbonyl (C=O) groups excluding carboxylic acids is 1. The van der Waals surface area contributed by atoms with E-state index in [1.165, 1.54) is 6.92 Å². The summed E-state index contributed by atoms with van der Waals surface area (Å²) in [6, 6.07) is 10.9. The highest BCUT2D eigenvalue weighted by molar-refractivity contribution is 9.10. The number of amides is 1. The minimum atomic E-state index is -4.37. The monoisotopic (exact) mass is 951 g/mol. The van der Waals surface area contributed by atoms with Gasteiger partial charge in [-0.2, -0.15) is 13.2 Å². The lowest BCUT2D eigenvalue weighted by Gasteiger charge is -2.19. The van der Waals surface area contributed by atoms with Gasteiger partial charge in [-0.15, -0.1) is 0 Å². The van der Waals surface area contributed by atoms with Crippen LogP contribution in [-0.4, -0.2) is 87.8 Å². The van der Waals surface area contributed by atoms with Gasteiger partial charge in [-0.1, -0.05) is 87.3 Å². The molecule has 0 radical (unpaired) electrons. The molecule has 310 valence electrons. The normalized spacial score (nSPS) is 13.0. The van der Waals surface area contributed by atoms with Crippen molar-refractivity contribution in [1.82, 2.24) is 4.72 Å². The zero-order valence-electron chi connectivity index (χ0n) is 30.1. The molecule has 1 amide bonds. The van der Waals surface area contributed by atoms with E-state index in [1.807, 2.05) is 6.08 Å². The second-order valence-corrected chi connectivity index (χ2v) is 14.9. The fraction of sp³-hybridized carbons (Fsp3) is 0.324. The van der Waals surface area contributed by atoms with Gasteiger partial charge >= 0.3 is 42.0 Å². The average Bonchev–Trinajstić information content (AvgIpc) is 3.12. The lowest BCUT2D eigenvalue weighted by atomic mass is 9.84. The molecule has 7 N–H and O–H groups in total. The predicted octanol–water partition coefficient (Wildman–Crippen LogP) is 7.48. The van der Waals surface area contributed by atoms with Gasteiger partial charge in [-0.05, 0) is 77.2 Å². The summed E-state index contributed by atoms with van der Waals surface area (Å²) in [4.78, 5) is 73.2.